The van der Waals surface area contributed by atoms with E-state index in [1.165, 1.54) is 0 Å². The van der Waals surface area contributed by atoms with Crippen LogP contribution in [0.5, 0.6) is 0 Å². The molecule has 5 nitrogen and oxygen atoms in total. The number of hydrogen-bond donors (Lipinski definition) is 0. The van der Waals surface area contributed by atoms with Crippen LogP contribution in [0.3, 0.4) is 0 Å². The predicted octanol–water partition coefficient (Wildman–Crippen LogP) is 2.41. The van der Waals surface area contributed by atoms with Crippen LogP contribution in [0, 0.1) is 0 Å². The van der Waals surface area contributed by atoms with Crippen molar-refractivity contribution in [3.8, 4) is 0 Å². The van der Waals surface area contributed by atoms with E-state index in [9.17, 15) is 4.79 Å². The number of nitrogens with zero attached hydrogens (tertiary/aromatic N) is 1. The van der Waals surface area contributed by atoms with Gasteiger partial charge in [-0.3, -0.25) is 0 Å². The van der Waals surface area contributed by atoms with Crippen LogP contribution < -0.4 is 0 Å². The first-order valence-electron chi connectivity index (χ1n) is 6.79. The Kier molecular flexibility index (Phi) is 5.38. The van der Waals surface area contributed by atoms with E-state index in [4.69, 9.17) is 14.2 Å². The highest BCUT2D eigenvalue weighted by Gasteiger charge is 2.36. The summed E-state index contributed by atoms with van der Waals surface area (Å²) in [5.74, 6) is 0. The zero-order valence-electron chi connectivity index (χ0n) is 12.0. The number of benzene rings is 1. The molecule has 0 spiro atoms. The molecular weight excluding hydrogens is 258 g/mol. The number of methoxy groups -OCH3 is 2. The van der Waals surface area contributed by atoms with Crippen molar-refractivity contribution < 1.29 is 19.0 Å². The molecule has 0 N–H and O–H groups in total. The Balaban J connectivity index is 1.91. The van der Waals surface area contributed by atoms with Crippen LogP contribution in [0.4, 0.5) is 4.79 Å². The highest BCUT2D eigenvalue weighted by molar-refractivity contribution is 5.68. The summed E-state index contributed by atoms with van der Waals surface area (Å²) in [4.78, 5) is 13.9. The molecule has 0 saturated carbocycles. The topological polar surface area (TPSA) is 48.0 Å². The third-order valence-corrected chi connectivity index (χ3v) is 3.52. The van der Waals surface area contributed by atoms with E-state index >= 15 is 0 Å². The molecule has 1 fully saturated rings. The lowest BCUT2D eigenvalue weighted by molar-refractivity contribution is -0.136. The van der Waals surface area contributed by atoms with E-state index in [1.54, 1.807) is 19.1 Å². The number of rotatable bonds is 5. The zero-order valence-corrected chi connectivity index (χ0v) is 12.0. The second-order valence-corrected chi connectivity index (χ2v) is 4.78. The minimum Gasteiger partial charge on any atom is -0.445 e. The summed E-state index contributed by atoms with van der Waals surface area (Å²) in [6, 6.07) is 9.57. The molecule has 5 heteroatoms. The van der Waals surface area contributed by atoms with Gasteiger partial charge < -0.3 is 19.1 Å². The first-order valence-corrected chi connectivity index (χ1v) is 6.79. The maximum atomic E-state index is 12.2. The number of carbonyl (C=O) groups is 1. The van der Waals surface area contributed by atoms with Crippen molar-refractivity contribution >= 4 is 6.09 Å². The van der Waals surface area contributed by atoms with Gasteiger partial charge in [0, 0.05) is 20.8 Å². The van der Waals surface area contributed by atoms with Gasteiger partial charge in [0.15, 0.2) is 6.29 Å². The van der Waals surface area contributed by atoms with Crippen molar-refractivity contribution in [1.82, 2.24) is 4.90 Å². The summed E-state index contributed by atoms with van der Waals surface area (Å²) in [7, 11) is 3.17. The lowest BCUT2D eigenvalue weighted by atomic mass is 10.2. The highest BCUT2D eigenvalue weighted by Crippen LogP contribution is 2.23. The summed E-state index contributed by atoms with van der Waals surface area (Å²) in [6.07, 6.45) is 1.10. The van der Waals surface area contributed by atoms with Gasteiger partial charge in [-0.15, -0.1) is 0 Å². The second kappa shape index (κ2) is 7.26. The molecule has 1 aliphatic rings. The fourth-order valence-corrected chi connectivity index (χ4v) is 2.51. The zero-order chi connectivity index (χ0) is 14.4. The molecule has 1 unspecified atom stereocenters. The van der Waals surface area contributed by atoms with Crippen LogP contribution in [0.25, 0.3) is 0 Å². The summed E-state index contributed by atoms with van der Waals surface area (Å²) in [5.41, 5.74) is 0.978. The third kappa shape index (κ3) is 3.49. The number of likely N-dealkylation sites (tertiary alicyclic amines) is 1. The van der Waals surface area contributed by atoms with Gasteiger partial charge >= 0.3 is 6.09 Å². The Morgan fingerprint density at radius 2 is 2.00 bits per heavy atom. The Morgan fingerprint density at radius 1 is 1.30 bits per heavy atom. The smallest absolute Gasteiger partial charge is 0.410 e. The van der Waals surface area contributed by atoms with E-state index in [2.05, 4.69) is 0 Å². The molecular formula is C15H21NO4. The van der Waals surface area contributed by atoms with Crippen LogP contribution in [0.15, 0.2) is 30.3 Å². The minimum atomic E-state index is -0.401. The maximum absolute atomic E-state index is 12.2. The lowest BCUT2D eigenvalue weighted by Crippen LogP contribution is -2.44. The molecule has 0 aliphatic carbocycles. The SMILES string of the molecule is COC(OC)C1CCCN1C(=O)OCc1ccccc1. The number of hydrogen-bond acceptors (Lipinski definition) is 4. The number of amides is 1. The molecule has 2 rings (SSSR count). The molecule has 1 amide bonds. The van der Waals surface area contributed by atoms with Crippen molar-refractivity contribution in [3.63, 3.8) is 0 Å². The van der Waals surface area contributed by atoms with Gasteiger partial charge in [0.2, 0.25) is 0 Å². The molecule has 1 atom stereocenters. The summed E-state index contributed by atoms with van der Waals surface area (Å²) >= 11 is 0. The number of carbonyl (C=O) groups excluding carboxylic acids is 1. The fraction of sp³-hybridized carbons (Fsp3) is 0.533. The Labute approximate surface area is 119 Å². The lowest BCUT2D eigenvalue weighted by Gasteiger charge is -2.29. The van der Waals surface area contributed by atoms with E-state index in [0.29, 0.717) is 6.54 Å². The van der Waals surface area contributed by atoms with Gasteiger partial charge in [-0.1, -0.05) is 30.3 Å². The quantitative estimate of drug-likeness (QED) is 0.777. The highest BCUT2D eigenvalue weighted by atomic mass is 16.7. The number of ether oxygens (including phenoxy) is 3. The minimum absolute atomic E-state index is 0.0757. The van der Waals surface area contributed by atoms with Gasteiger partial charge in [0.05, 0.1) is 6.04 Å². The van der Waals surface area contributed by atoms with Crippen LogP contribution in [-0.2, 0) is 20.8 Å². The molecule has 20 heavy (non-hydrogen) atoms. The second-order valence-electron chi connectivity index (χ2n) is 4.78. The Hall–Kier alpha value is -1.59. The van der Waals surface area contributed by atoms with Gasteiger partial charge in [0.25, 0.3) is 0 Å². The van der Waals surface area contributed by atoms with Crippen molar-refractivity contribution in [3.05, 3.63) is 35.9 Å². The van der Waals surface area contributed by atoms with Crippen LogP contribution in [0.1, 0.15) is 18.4 Å². The summed E-state index contributed by atoms with van der Waals surface area (Å²) in [5, 5.41) is 0. The van der Waals surface area contributed by atoms with Crippen molar-refractivity contribution in [1.29, 1.82) is 0 Å². The molecule has 1 saturated heterocycles. The average molecular weight is 279 g/mol. The molecule has 110 valence electrons. The Bertz CT molecular complexity index is 419. The molecule has 0 bridgehead atoms. The largest absolute Gasteiger partial charge is 0.445 e. The van der Waals surface area contributed by atoms with Crippen molar-refractivity contribution in [2.75, 3.05) is 20.8 Å². The molecule has 1 heterocycles. The van der Waals surface area contributed by atoms with Crippen LogP contribution in [0.2, 0.25) is 0 Å². The molecule has 1 aromatic rings. The molecule has 0 aromatic heterocycles. The van der Waals surface area contributed by atoms with E-state index < -0.39 is 6.29 Å². The third-order valence-electron chi connectivity index (χ3n) is 3.52. The molecule has 1 aromatic carbocycles. The van der Waals surface area contributed by atoms with E-state index in [0.717, 1.165) is 18.4 Å². The van der Waals surface area contributed by atoms with Gasteiger partial charge in [-0.2, -0.15) is 0 Å². The van der Waals surface area contributed by atoms with E-state index in [-0.39, 0.29) is 18.7 Å². The van der Waals surface area contributed by atoms with Crippen molar-refractivity contribution in [2.45, 2.75) is 31.8 Å². The molecule has 0 radical (unpaired) electrons. The summed E-state index contributed by atoms with van der Waals surface area (Å²) in [6.45, 7) is 0.967. The van der Waals surface area contributed by atoms with Gasteiger partial charge in [-0.05, 0) is 18.4 Å². The maximum Gasteiger partial charge on any atom is 0.410 e. The van der Waals surface area contributed by atoms with E-state index in [1.807, 2.05) is 30.3 Å². The predicted molar refractivity (Wildman–Crippen MR) is 74.2 cm³/mol. The molecule has 1 aliphatic heterocycles. The van der Waals surface area contributed by atoms with Gasteiger partial charge in [-0.25, -0.2) is 4.79 Å². The average Bonchev–Trinajstić information content (AvgIpc) is 2.97. The first-order chi connectivity index (χ1) is 9.76. The Morgan fingerprint density at radius 3 is 2.65 bits per heavy atom. The van der Waals surface area contributed by atoms with Crippen LogP contribution in [-0.4, -0.2) is 44.1 Å². The standard InChI is InChI=1S/C15H21NO4/c1-18-14(19-2)13-9-6-10-16(13)15(17)20-11-12-7-4-3-5-8-12/h3-5,7-8,13-14H,6,9-11H2,1-2H3. The van der Waals surface area contributed by atoms with Crippen LogP contribution >= 0.6 is 0 Å². The first kappa shape index (κ1) is 14.8. The normalized spacial score (nSPS) is 18.6. The monoisotopic (exact) mass is 279 g/mol. The summed E-state index contributed by atoms with van der Waals surface area (Å²) < 4.78 is 15.9. The van der Waals surface area contributed by atoms with Gasteiger partial charge in [0.1, 0.15) is 6.61 Å². The van der Waals surface area contributed by atoms with Crippen molar-refractivity contribution in [2.24, 2.45) is 0 Å². The fourth-order valence-electron chi connectivity index (χ4n) is 2.51.